The zero-order valence-corrected chi connectivity index (χ0v) is 16.7. The lowest BCUT2D eigenvalue weighted by Crippen LogP contribution is -2.37. The topological polar surface area (TPSA) is 98.5 Å². The Hall–Kier alpha value is -1.90. The van der Waals surface area contributed by atoms with E-state index >= 15 is 0 Å². The van der Waals surface area contributed by atoms with E-state index < -0.39 is 21.8 Å². The SMILES string of the molecule is CCOc1ccc(C[C@@H](CNS(=O)(=O)c2cccc(Br)c2)C(N)=O)cc1. The van der Waals surface area contributed by atoms with Crippen molar-refractivity contribution in [3.8, 4) is 5.75 Å². The molecule has 0 saturated heterocycles. The van der Waals surface area contributed by atoms with Crippen molar-refractivity contribution in [1.82, 2.24) is 4.72 Å². The Bertz CT molecular complexity index is 854. The van der Waals surface area contributed by atoms with E-state index in [2.05, 4.69) is 20.7 Å². The van der Waals surface area contributed by atoms with Crippen LogP contribution in [0.5, 0.6) is 5.75 Å². The van der Waals surface area contributed by atoms with Crippen LogP contribution in [0.3, 0.4) is 0 Å². The van der Waals surface area contributed by atoms with Gasteiger partial charge in [-0.2, -0.15) is 0 Å². The summed E-state index contributed by atoms with van der Waals surface area (Å²) in [6, 6.07) is 13.6. The molecule has 0 aromatic heterocycles. The highest BCUT2D eigenvalue weighted by Gasteiger charge is 2.21. The van der Waals surface area contributed by atoms with E-state index in [1.807, 2.05) is 31.2 Å². The largest absolute Gasteiger partial charge is 0.494 e. The molecule has 0 saturated carbocycles. The van der Waals surface area contributed by atoms with Crippen LogP contribution in [0.2, 0.25) is 0 Å². The molecule has 0 heterocycles. The molecule has 0 aliphatic heterocycles. The summed E-state index contributed by atoms with van der Waals surface area (Å²) in [6.07, 6.45) is 0.336. The highest BCUT2D eigenvalue weighted by atomic mass is 79.9. The second kappa shape index (κ2) is 9.16. The van der Waals surface area contributed by atoms with Gasteiger partial charge in [-0.1, -0.05) is 34.1 Å². The Morgan fingerprint density at radius 2 is 1.92 bits per heavy atom. The normalized spacial score (nSPS) is 12.5. The van der Waals surface area contributed by atoms with Gasteiger partial charge in [-0.3, -0.25) is 4.79 Å². The average Bonchev–Trinajstić information content (AvgIpc) is 2.60. The number of nitrogens with one attached hydrogen (secondary N) is 1. The van der Waals surface area contributed by atoms with Crippen LogP contribution in [-0.2, 0) is 21.2 Å². The molecule has 2 aromatic rings. The maximum absolute atomic E-state index is 12.4. The minimum absolute atomic E-state index is 0.0720. The van der Waals surface area contributed by atoms with Gasteiger partial charge in [0.15, 0.2) is 0 Å². The highest BCUT2D eigenvalue weighted by molar-refractivity contribution is 9.10. The first-order valence-corrected chi connectivity index (χ1v) is 10.4. The fourth-order valence-electron chi connectivity index (χ4n) is 2.37. The van der Waals surface area contributed by atoms with E-state index in [0.717, 1.165) is 11.3 Å². The lowest BCUT2D eigenvalue weighted by molar-refractivity contribution is -0.121. The molecule has 1 amide bonds. The molecule has 0 bridgehead atoms. The first-order valence-electron chi connectivity index (χ1n) is 8.08. The van der Waals surface area contributed by atoms with Crippen LogP contribution >= 0.6 is 15.9 Å². The maximum Gasteiger partial charge on any atom is 0.240 e. The number of sulfonamides is 1. The highest BCUT2D eigenvalue weighted by Crippen LogP contribution is 2.18. The van der Waals surface area contributed by atoms with Gasteiger partial charge in [0.05, 0.1) is 17.4 Å². The summed E-state index contributed by atoms with van der Waals surface area (Å²) in [6.45, 7) is 2.40. The molecule has 0 aliphatic carbocycles. The van der Waals surface area contributed by atoms with E-state index in [-0.39, 0.29) is 11.4 Å². The van der Waals surface area contributed by atoms with Crippen molar-refractivity contribution in [3.05, 3.63) is 58.6 Å². The minimum atomic E-state index is -3.73. The smallest absolute Gasteiger partial charge is 0.240 e. The zero-order valence-electron chi connectivity index (χ0n) is 14.3. The van der Waals surface area contributed by atoms with Crippen LogP contribution in [0.1, 0.15) is 12.5 Å². The summed E-state index contributed by atoms with van der Waals surface area (Å²) in [5.41, 5.74) is 6.32. The van der Waals surface area contributed by atoms with Crippen molar-refractivity contribution < 1.29 is 17.9 Å². The number of nitrogens with two attached hydrogens (primary N) is 1. The molecule has 6 nitrogen and oxygen atoms in total. The molecule has 0 unspecified atom stereocenters. The van der Waals surface area contributed by atoms with Crippen LogP contribution in [0.4, 0.5) is 0 Å². The van der Waals surface area contributed by atoms with Crippen LogP contribution in [0.25, 0.3) is 0 Å². The number of primary amides is 1. The van der Waals surface area contributed by atoms with Gasteiger partial charge in [-0.25, -0.2) is 13.1 Å². The monoisotopic (exact) mass is 440 g/mol. The summed E-state index contributed by atoms with van der Waals surface area (Å²) >= 11 is 3.24. The molecule has 0 fully saturated rings. The molecule has 140 valence electrons. The van der Waals surface area contributed by atoms with Gasteiger partial charge < -0.3 is 10.5 Å². The summed E-state index contributed by atoms with van der Waals surface area (Å²) in [4.78, 5) is 11.9. The van der Waals surface area contributed by atoms with Crippen LogP contribution in [0.15, 0.2) is 57.9 Å². The number of hydrogen-bond donors (Lipinski definition) is 2. The molecule has 8 heteroatoms. The number of carbonyl (C=O) groups excluding carboxylic acids is 1. The zero-order chi connectivity index (χ0) is 19.2. The van der Waals surface area contributed by atoms with Gasteiger partial charge in [0.1, 0.15) is 5.75 Å². The Balaban J connectivity index is 2.05. The summed E-state index contributed by atoms with van der Waals surface area (Å²) in [5, 5.41) is 0. The summed E-state index contributed by atoms with van der Waals surface area (Å²) in [5.74, 6) is -0.479. The Morgan fingerprint density at radius 1 is 1.23 bits per heavy atom. The minimum Gasteiger partial charge on any atom is -0.494 e. The second-order valence-electron chi connectivity index (χ2n) is 5.69. The molecule has 0 aliphatic rings. The number of hydrogen-bond acceptors (Lipinski definition) is 4. The van der Waals surface area contributed by atoms with Gasteiger partial charge in [0.2, 0.25) is 15.9 Å². The Kier molecular flexibility index (Phi) is 7.19. The molecule has 0 radical (unpaired) electrons. The van der Waals surface area contributed by atoms with Crippen LogP contribution in [-0.4, -0.2) is 27.5 Å². The standard InChI is InChI=1S/C18H21BrN2O4S/c1-2-25-16-8-6-13(7-9-16)10-14(18(20)22)12-21-26(23,24)17-5-3-4-15(19)11-17/h3-9,11,14,21H,2,10,12H2,1H3,(H2,20,22)/t14-/m0/s1. The van der Waals surface area contributed by atoms with Gasteiger partial charge in [0, 0.05) is 11.0 Å². The molecule has 2 rings (SSSR count). The van der Waals surface area contributed by atoms with Gasteiger partial charge in [0.25, 0.3) is 0 Å². The number of benzene rings is 2. The van der Waals surface area contributed by atoms with Crippen molar-refractivity contribution >= 4 is 31.9 Å². The Labute approximate surface area is 161 Å². The predicted octanol–water partition coefficient (Wildman–Crippen LogP) is 2.47. The van der Waals surface area contributed by atoms with E-state index in [1.165, 1.54) is 12.1 Å². The Morgan fingerprint density at radius 3 is 2.50 bits per heavy atom. The molecular formula is C18H21BrN2O4S. The molecular weight excluding hydrogens is 420 g/mol. The second-order valence-corrected chi connectivity index (χ2v) is 8.37. The van der Waals surface area contributed by atoms with E-state index in [9.17, 15) is 13.2 Å². The van der Waals surface area contributed by atoms with Crippen molar-refractivity contribution in [3.63, 3.8) is 0 Å². The molecule has 0 spiro atoms. The van der Waals surface area contributed by atoms with Crippen molar-refractivity contribution in [2.75, 3.05) is 13.2 Å². The fourth-order valence-corrected chi connectivity index (χ4v) is 4.05. The number of amides is 1. The molecule has 1 atom stereocenters. The van der Waals surface area contributed by atoms with Crippen LogP contribution in [0, 0.1) is 5.92 Å². The third kappa shape index (κ3) is 5.82. The molecule has 2 aromatic carbocycles. The maximum atomic E-state index is 12.4. The summed E-state index contributed by atoms with van der Waals surface area (Å²) < 4.78 is 33.3. The fraction of sp³-hybridized carbons (Fsp3) is 0.278. The van der Waals surface area contributed by atoms with Crippen LogP contribution < -0.4 is 15.2 Å². The number of ether oxygens (including phenoxy) is 1. The van der Waals surface area contributed by atoms with Crippen molar-refractivity contribution in [1.29, 1.82) is 0 Å². The predicted molar refractivity (Wildman–Crippen MR) is 103 cm³/mol. The quantitative estimate of drug-likeness (QED) is 0.625. The lowest BCUT2D eigenvalue weighted by atomic mass is 9.99. The van der Waals surface area contributed by atoms with E-state index in [0.29, 0.717) is 17.5 Å². The molecule has 3 N–H and O–H groups in total. The van der Waals surface area contributed by atoms with Gasteiger partial charge in [-0.05, 0) is 49.2 Å². The third-order valence-electron chi connectivity index (χ3n) is 3.74. The first kappa shape index (κ1) is 20.4. The summed E-state index contributed by atoms with van der Waals surface area (Å²) in [7, 11) is -3.73. The number of halogens is 1. The number of rotatable bonds is 9. The third-order valence-corrected chi connectivity index (χ3v) is 5.66. The van der Waals surface area contributed by atoms with Crippen molar-refractivity contribution in [2.45, 2.75) is 18.2 Å². The first-order chi connectivity index (χ1) is 12.3. The van der Waals surface area contributed by atoms with Gasteiger partial charge in [-0.15, -0.1) is 0 Å². The average molecular weight is 441 g/mol. The van der Waals surface area contributed by atoms with Crippen molar-refractivity contribution in [2.24, 2.45) is 11.7 Å². The van der Waals surface area contributed by atoms with E-state index in [4.69, 9.17) is 10.5 Å². The van der Waals surface area contributed by atoms with E-state index in [1.54, 1.807) is 12.1 Å². The van der Waals surface area contributed by atoms with Gasteiger partial charge >= 0.3 is 0 Å². The lowest BCUT2D eigenvalue weighted by Gasteiger charge is -2.15. The number of carbonyl (C=O) groups is 1. The molecule has 26 heavy (non-hydrogen) atoms.